The van der Waals surface area contributed by atoms with Gasteiger partial charge in [-0.15, -0.1) is 0 Å². The van der Waals surface area contributed by atoms with E-state index in [1.807, 2.05) is 0 Å². The lowest BCUT2D eigenvalue weighted by Gasteiger charge is -2.40. The van der Waals surface area contributed by atoms with Crippen LogP contribution in [-0.2, 0) is 11.8 Å². The SMILES string of the molecule is FC(F)(F)C(F)(F)C(F)(F)C(F)(F)C(F)(F)C(F)(F)c1cc(Br)cc(C(F)(F)C(F)(F)C(F)(F)C(F)(F)C(F)(F)C(F)(F)F)c1. The van der Waals surface area contributed by atoms with Gasteiger partial charge in [0.2, 0.25) is 0 Å². The van der Waals surface area contributed by atoms with Gasteiger partial charge in [0.25, 0.3) is 0 Å². The standard InChI is InChI=1S/C18H3BrF26/c19-6-2-4(7(20,21)9(24,25)11(28,29)13(32,33)15(36,37)17(40,41)42)1-5(3-6)8(22,23)10(26,27)12(30,31)14(34,35)16(38,39)18(43,44)45/h1-3H. The molecule has 0 fully saturated rings. The second-order valence-corrected chi connectivity index (χ2v) is 9.38. The van der Waals surface area contributed by atoms with E-state index in [9.17, 15) is 114 Å². The molecule has 0 aliphatic heterocycles. The Balaban J connectivity index is 3.98. The van der Waals surface area contributed by atoms with Gasteiger partial charge in [0.05, 0.1) is 0 Å². The molecule has 0 aromatic heterocycles. The van der Waals surface area contributed by atoms with E-state index in [1.165, 1.54) is 0 Å². The van der Waals surface area contributed by atoms with Gasteiger partial charge < -0.3 is 0 Å². The Morgan fingerprint density at radius 3 is 0.689 bits per heavy atom. The average molecular weight is 793 g/mol. The first-order valence-corrected chi connectivity index (χ1v) is 10.6. The van der Waals surface area contributed by atoms with Crippen molar-refractivity contribution in [1.29, 1.82) is 0 Å². The van der Waals surface area contributed by atoms with Crippen LogP contribution in [0.25, 0.3) is 0 Å². The zero-order valence-corrected chi connectivity index (χ0v) is 21.0. The summed E-state index contributed by atoms with van der Waals surface area (Å²) < 4.78 is 345. The van der Waals surface area contributed by atoms with E-state index >= 15 is 0 Å². The summed E-state index contributed by atoms with van der Waals surface area (Å²) in [6.07, 6.45) is -15.8. The molecule has 0 unspecified atom stereocenters. The van der Waals surface area contributed by atoms with Crippen molar-refractivity contribution < 1.29 is 114 Å². The van der Waals surface area contributed by atoms with Gasteiger partial charge in [0.1, 0.15) is 0 Å². The van der Waals surface area contributed by atoms with Crippen molar-refractivity contribution in [1.82, 2.24) is 0 Å². The van der Waals surface area contributed by atoms with Crippen molar-refractivity contribution in [3.05, 3.63) is 33.8 Å². The van der Waals surface area contributed by atoms with Gasteiger partial charge >= 0.3 is 71.6 Å². The maximum absolute atomic E-state index is 14.4. The van der Waals surface area contributed by atoms with E-state index in [1.54, 1.807) is 15.9 Å². The molecule has 0 N–H and O–H groups in total. The third kappa shape index (κ3) is 5.32. The molecule has 0 radical (unpaired) electrons. The number of halogens is 27. The minimum atomic E-state index is -8.62. The molecule has 0 bridgehead atoms. The largest absolute Gasteiger partial charge is 0.460 e. The van der Waals surface area contributed by atoms with Crippen LogP contribution < -0.4 is 0 Å². The van der Waals surface area contributed by atoms with Crippen molar-refractivity contribution >= 4 is 15.9 Å². The van der Waals surface area contributed by atoms with E-state index in [0.717, 1.165) is 0 Å². The van der Waals surface area contributed by atoms with Crippen LogP contribution in [0.3, 0.4) is 0 Å². The van der Waals surface area contributed by atoms with Crippen molar-refractivity contribution in [2.75, 3.05) is 0 Å². The highest BCUT2D eigenvalue weighted by molar-refractivity contribution is 9.10. The smallest absolute Gasteiger partial charge is 0.194 e. The minimum Gasteiger partial charge on any atom is -0.194 e. The molecule has 45 heavy (non-hydrogen) atoms. The molecule has 0 nitrogen and oxygen atoms in total. The van der Waals surface area contributed by atoms with Crippen LogP contribution in [0.15, 0.2) is 22.7 Å². The highest BCUT2D eigenvalue weighted by atomic mass is 79.9. The Morgan fingerprint density at radius 2 is 0.489 bits per heavy atom. The van der Waals surface area contributed by atoms with Gasteiger partial charge in [-0.25, -0.2) is 0 Å². The van der Waals surface area contributed by atoms with Crippen molar-refractivity contribution in [2.24, 2.45) is 0 Å². The summed E-state index contributed by atoms with van der Waals surface area (Å²) in [6, 6.07) is -3.85. The normalized spacial score (nSPS) is 16.3. The number of hydrogen-bond donors (Lipinski definition) is 0. The monoisotopic (exact) mass is 792 g/mol. The Kier molecular flexibility index (Phi) is 9.49. The number of hydrogen-bond acceptors (Lipinski definition) is 0. The molecule has 0 saturated carbocycles. The van der Waals surface area contributed by atoms with Gasteiger partial charge in [-0.1, -0.05) is 15.9 Å². The summed E-state index contributed by atoms with van der Waals surface area (Å²) >= 11 is 1.66. The Bertz CT molecular complexity index is 1160. The topological polar surface area (TPSA) is 0 Å². The molecule has 0 aliphatic rings. The van der Waals surface area contributed by atoms with Crippen LogP contribution in [0.1, 0.15) is 11.1 Å². The van der Waals surface area contributed by atoms with E-state index in [2.05, 4.69) is 0 Å². The van der Waals surface area contributed by atoms with E-state index in [0.29, 0.717) is 0 Å². The molecule has 27 heteroatoms. The Morgan fingerprint density at radius 1 is 0.289 bits per heavy atom. The summed E-state index contributed by atoms with van der Waals surface area (Å²) in [5.74, 6) is -82.7. The molecule has 0 aliphatic carbocycles. The van der Waals surface area contributed by atoms with Gasteiger partial charge in [0, 0.05) is 15.6 Å². The molecule has 1 aromatic carbocycles. The lowest BCUT2D eigenvalue weighted by Crippen LogP contribution is -2.69. The zero-order valence-electron chi connectivity index (χ0n) is 19.4. The third-order valence-corrected chi connectivity index (χ3v) is 5.95. The first-order chi connectivity index (χ1) is 19.1. The summed E-state index contributed by atoms with van der Waals surface area (Å²) in [6.45, 7) is 0. The quantitative estimate of drug-likeness (QED) is 0.207. The lowest BCUT2D eigenvalue weighted by molar-refractivity contribution is -0.442. The molecule has 264 valence electrons. The number of benzene rings is 1. The fraction of sp³-hybridized carbons (Fsp3) is 0.667. The van der Waals surface area contributed by atoms with Crippen LogP contribution in [0, 0.1) is 0 Å². The highest BCUT2D eigenvalue weighted by Crippen LogP contribution is 2.64. The number of alkyl halides is 26. The van der Waals surface area contributed by atoms with Gasteiger partial charge in [0.15, 0.2) is 0 Å². The van der Waals surface area contributed by atoms with E-state index < -0.39 is 105 Å². The molecule has 0 saturated heterocycles. The van der Waals surface area contributed by atoms with Gasteiger partial charge in [-0.05, 0) is 18.2 Å². The molecule has 0 atom stereocenters. The Hall–Kier alpha value is -2.12. The van der Waals surface area contributed by atoms with Crippen molar-refractivity contribution in [2.45, 2.75) is 71.6 Å². The van der Waals surface area contributed by atoms with Crippen LogP contribution in [0.5, 0.6) is 0 Å². The maximum Gasteiger partial charge on any atom is 0.460 e. The van der Waals surface area contributed by atoms with Gasteiger partial charge in [-0.2, -0.15) is 114 Å². The molecule has 1 rings (SSSR count). The predicted octanol–water partition coefficient (Wildman–Crippen LogP) is 10.8. The number of rotatable bonds is 10. The summed E-state index contributed by atoms with van der Waals surface area (Å²) in [5.41, 5.74) is -7.15. The van der Waals surface area contributed by atoms with Crippen molar-refractivity contribution in [3.8, 4) is 0 Å². The van der Waals surface area contributed by atoms with E-state index in [4.69, 9.17) is 0 Å². The average Bonchev–Trinajstić information content (AvgIpc) is 2.81. The lowest BCUT2D eigenvalue weighted by atomic mass is 9.87. The summed E-state index contributed by atoms with van der Waals surface area (Å²) in [5, 5.41) is 0. The fourth-order valence-electron chi connectivity index (χ4n) is 2.85. The predicted molar refractivity (Wildman–Crippen MR) is 93.6 cm³/mol. The third-order valence-electron chi connectivity index (χ3n) is 5.49. The van der Waals surface area contributed by atoms with Crippen LogP contribution in [-0.4, -0.2) is 59.7 Å². The molecule has 0 amide bonds. The molecule has 0 heterocycles. The Labute approximate surface area is 236 Å². The molecular formula is C18H3BrF26. The van der Waals surface area contributed by atoms with E-state index in [-0.39, 0.29) is 0 Å². The first-order valence-electron chi connectivity index (χ1n) is 9.83. The van der Waals surface area contributed by atoms with Crippen LogP contribution in [0.4, 0.5) is 114 Å². The summed E-state index contributed by atoms with van der Waals surface area (Å²) in [4.78, 5) is 0. The fourth-order valence-corrected chi connectivity index (χ4v) is 3.35. The summed E-state index contributed by atoms with van der Waals surface area (Å²) in [7, 11) is 0. The zero-order chi connectivity index (χ0) is 36.9. The highest BCUT2D eigenvalue weighted by Gasteiger charge is 2.92. The van der Waals surface area contributed by atoms with Crippen molar-refractivity contribution in [3.63, 3.8) is 0 Å². The van der Waals surface area contributed by atoms with Gasteiger partial charge in [-0.3, -0.25) is 0 Å². The first kappa shape index (κ1) is 40.9. The van der Waals surface area contributed by atoms with Crippen LogP contribution in [0.2, 0.25) is 0 Å². The molecule has 1 aromatic rings. The second kappa shape index (κ2) is 10.4. The van der Waals surface area contributed by atoms with Crippen LogP contribution >= 0.6 is 15.9 Å². The maximum atomic E-state index is 14.4. The second-order valence-electron chi connectivity index (χ2n) is 8.47. The molecule has 0 spiro atoms. The minimum absolute atomic E-state index is 0.994. The molecular weight excluding hydrogens is 790 g/mol.